The molecule has 7 heteroatoms. The second-order valence-corrected chi connectivity index (χ2v) is 9.75. The minimum absolute atomic E-state index is 0.180. The van der Waals surface area contributed by atoms with Gasteiger partial charge in [0.15, 0.2) is 0 Å². The lowest BCUT2D eigenvalue weighted by Crippen LogP contribution is -2.38. The summed E-state index contributed by atoms with van der Waals surface area (Å²) < 4.78 is 9.49. The van der Waals surface area contributed by atoms with Gasteiger partial charge in [0.25, 0.3) is 0 Å². The van der Waals surface area contributed by atoms with E-state index in [1.54, 1.807) is 7.11 Å². The monoisotopic (exact) mass is 517 g/mol. The Morgan fingerprint density at radius 1 is 0.974 bits per heavy atom. The van der Waals surface area contributed by atoms with Crippen molar-refractivity contribution in [3.8, 4) is 17.3 Å². The van der Waals surface area contributed by atoms with Gasteiger partial charge in [0, 0.05) is 17.4 Å². The van der Waals surface area contributed by atoms with Crippen LogP contribution in [0.4, 0.5) is 10.5 Å². The Morgan fingerprint density at radius 3 is 2.41 bits per heavy atom. The summed E-state index contributed by atoms with van der Waals surface area (Å²) in [5.41, 5.74) is 6.93. The van der Waals surface area contributed by atoms with Gasteiger partial charge in [-0.3, -0.25) is 0 Å². The van der Waals surface area contributed by atoms with Gasteiger partial charge in [-0.2, -0.15) is 5.10 Å². The molecule has 1 N–H and O–H groups in total. The lowest BCUT2D eigenvalue weighted by molar-refractivity contribution is 0.194. The predicted octanol–water partition coefficient (Wildman–Crippen LogP) is 6.68. The number of nitrogens with zero attached hydrogens (tertiary/aromatic N) is 4. The van der Waals surface area contributed by atoms with E-state index in [9.17, 15) is 4.79 Å². The Morgan fingerprint density at radius 2 is 1.72 bits per heavy atom. The number of hydrogen-bond donors (Lipinski definition) is 1. The molecule has 2 amide bonds. The largest absolute Gasteiger partial charge is 0.497 e. The highest BCUT2D eigenvalue weighted by Gasteiger charge is 2.36. The van der Waals surface area contributed by atoms with Crippen LogP contribution in [0.25, 0.3) is 11.5 Å². The van der Waals surface area contributed by atoms with Crippen LogP contribution in [-0.4, -0.2) is 32.4 Å². The number of nitrogens with one attached hydrogen (secondary N) is 1. The maximum atomic E-state index is 14.1. The molecule has 196 valence electrons. The lowest BCUT2D eigenvalue weighted by Gasteiger charge is -2.31. The highest BCUT2D eigenvalue weighted by atomic mass is 16.5. The number of anilines is 1. The molecular weight excluding hydrogens is 486 g/mol. The molecule has 0 spiro atoms. The van der Waals surface area contributed by atoms with Crippen LogP contribution in [0.1, 0.15) is 41.0 Å². The molecule has 3 aromatic carbocycles. The molecule has 1 atom stereocenters. The van der Waals surface area contributed by atoms with Crippen molar-refractivity contribution in [3.05, 3.63) is 125 Å². The zero-order chi connectivity index (χ0) is 26.9. The van der Waals surface area contributed by atoms with Crippen LogP contribution in [-0.2, 0) is 13.0 Å². The second-order valence-electron chi connectivity index (χ2n) is 9.75. The van der Waals surface area contributed by atoms with Crippen LogP contribution < -0.4 is 10.1 Å². The first-order valence-electron chi connectivity index (χ1n) is 13.2. The molecule has 0 bridgehead atoms. The number of amides is 2. The van der Waals surface area contributed by atoms with Gasteiger partial charge in [-0.1, -0.05) is 55.0 Å². The molecule has 39 heavy (non-hydrogen) atoms. The van der Waals surface area contributed by atoms with Crippen molar-refractivity contribution in [3.63, 3.8) is 0 Å². The number of carbonyl (C=O) groups excluding carboxylic acids is 1. The topological polar surface area (TPSA) is 64.3 Å². The lowest BCUT2D eigenvalue weighted by atomic mass is 10.0. The summed E-state index contributed by atoms with van der Waals surface area (Å²) in [6, 6.07) is 29.7. The number of aromatic nitrogens is 3. The van der Waals surface area contributed by atoms with Crippen molar-refractivity contribution in [2.45, 2.75) is 32.9 Å². The number of carbonyl (C=O) groups is 1. The van der Waals surface area contributed by atoms with Crippen LogP contribution in [0.5, 0.6) is 5.75 Å². The highest BCUT2D eigenvalue weighted by Crippen LogP contribution is 2.39. The molecule has 0 fully saturated rings. The van der Waals surface area contributed by atoms with Gasteiger partial charge < -0.3 is 19.5 Å². The van der Waals surface area contributed by atoms with Gasteiger partial charge in [0.2, 0.25) is 0 Å². The third-order valence-electron chi connectivity index (χ3n) is 7.30. The fraction of sp³-hybridized carbons (Fsp3) is 0.188. The average Bonchev–Trinajstić information content (AvgIpc) is 3.56. The number of rotatable bonds is 5. The van der Waals surface area contributed by atoms with E-state index in [-0.39, 0.29) is 12.1 Å². The van der Waals surface area contributed by atoms with Crippen LogP contribution in [0, 0.1) is 6.92 Å². The van der Waals surface area contributed by atoms with E-state index < -0.39 is 0 Å². The first-order chi connectivity index (χ1) is 19.1. The number of para-hydroxylation sites is 1. The third-order valence-corrected chi connectivity index (χ3v) is 7.30. The van der Waals surface area contributed by atoms with Gasteiger partial charge >= 0.3 is 6.03 Å². The Balaban J connectivity index is 1.52. The van der Waals surface area contributed by atoms with E-state index in [0.717, 1.165) is 46.2 Å². The van der Waals surface area contributed by atoms with Crippen LogP contribution in [0.3, 0.4) is 0 Å². The predicted molar refractivity (Wildman–Crippen MR) is 153 cm³/mol. The Kier molecular flexibility index (Phi) is 6.40. The summed E-state index contributed by atoms with van der Waals surface area (Å²) >= 11 is 0. The Bertz CT molecular complexity index is 1600. The van der Waals surface area contributed by atoms with Gasteiger partial charge in [0.05, 0.1) is 36.8 Å². The summed E-state index contributed by atoms with van der Waals surface area (Å²) in [4.78, 5) is 16.0. The zero-order valence-corrected chi connectivity index (χ0v) is 22.3. The number of aryl methyl sites for hydroxylation is 2. The van der Waals surface area contributed by atoms with E-state index in [0.29, 0.717) is 12.2 Å². The molecule has 0 saturated heterocycles. The van der Waals surface area contributed by atoms with Gasteiger partial charge in [0.1, 0.15) is 11.6 Å². The van der Waals surface area contributed by atoms with E-state index in [2.05, 4.69) is 72.4 Å². The SMILES string of the molecule is CCc1nn(-c2ccccc2)c2c1CN(C(=O)Nc1ccc(OC)cc1)[C@H](c1ccc(C)cc1)c1cccn1-2. The number of benzene rings is 3. The van der Waals surface area contributed by atoms with Crippen LogP contribution in [0.2, 0.25) is 0 Å². The molecule has 0 aliphatic carbocycles. The summed E-state index contributed by atoms with van der Waals surface area (Å²) in [5, 5.41) is 8.16. The summed E-state index contributed by atoms with van der Waals surface area (Å²) in [7, 11) is 1.63. The van der Waals surface area contributed by atoms with Crippen molar-refractivity contribution in [2.24, 2.45) is 0 Å². The maximum absolute atomic E-state index is 14.1. The molecule has 0 unspecified atom stereocenters. The fourth-order valence-corrected chi connectivity index (χ4v) is 5.32. The maximum Gasteiger partial charge on any atom is 0.322 e. The Labute approximate surface area is 228 Å². The number of ether oxygens (including phenoxy) is 1. The fourth-order valence-electron chi connectivity index (χ4n) is 5.32. The van der Waals surface area contributed by atoms with Crippen molar-refractivity contribution in [1.29, 1.82) is 0 Å². The summed E-state index contributed by atoms with van der Waals surface area (Å²) in [5.74, 6) is 1.71. The average molecular weight is 518 g/mol. The van der Waals surface area contributed by atoms with Gasteiger partial charge in [-0.25, -0.2) is 9.48 Å². The molecular formula is C32H31N5O2. The third kappa shape index (κ3) is 4.46. The number of fused-ring (bicyclic) bond motifs is 3. The number of hydrogen-bond acceptors (Lipinski definition) is 3. The van der Waals surface area contributed by atoms with Crippen molar-refractivity contribution >= 4 is 11.7 Å². The van der Waals surface area contributed by atoms with E-state index in [1.807, 2.05) is 58.1 Å². The van der Waals surface area contributed by atoms with Gasteiger partial charge in [-0.15, -0.1) is 0 Å². The zero-order valence-electron chi connectivity index (χ0n) is 22.3. The minimum atomic E-state index is -0.305. The normalized spacial score (nSPS) is 14.3. The second kappa shape index (κ2) is 10.2. The molecule has 0 radical (unpaired) electrons. The highest BCUT2D eigenvalue weighted by molar-refractivity contribution is 5.90. The quantitative estimate of drug-likeness (QED) is 0.283. The first-order valence-corrected chi connectivity index (χ1v) is 13.2. The summed E-state index contributed by atoms with van der Waals surface area (Å²) in [6.45, 7) is 4.59. The Hall–Kier alpha value is -4.78. The molecule has 6 rings (SSSR count). The minimum Gasteiger partial charge on any atom is -0.497 e. The van der Waals surface area contributed by atoms with Crippen molar-refractivity contribution in [1.82, 2.24) is 19.2 Å². The molecule has 1 aliphatic rings. The standard InChI is InChI=1S/C32H31N5O2/c1-4-28-27-21-36(32(38)33-24-16-18-26(39-3)19-17-24)30(23-14-12-22(2)13-15-23)29-11-8-20-35(29)31(27)37(34-28)25-9-6-5-7-10-25/h5-20,30H,4,21H2,1-3H3,(H,33,38)/t30-/m1/s1. The first kappa shape index (κ1) is 24.6. The van der Waals surface area contributed by atoms with E-state index in [1.165, 1.54) is 5.56 Å². The summed E-state index contributed by atoms with van der Waals surface area (Å²) in [6.07, 6.45) is 2.82. The van der Waals surface area contributed by atoms with Gasteiger partial charge in [-0.05, 0) is 67.4 Å². The molecule has 2 aromatic heterocycles. The van der Waals surface area contributed by atoms with Crippen LogP contribution in [0.15, 0.2) is 97.2 Å². The van der Waals surface area contributed by atoms with E-state index >= 15 is 0 Å². The number of methoxy groups -OCH3 is 1. The molecule has 7 nitrogen and oxygen atoms in total. The molecule has 5 aromatic rings. The number of urea groups is 1. The molecule has 1 aliphatic heterocycles. The van der Waals surface area contributed by atoms with Crippen LogP contribution >= 0.6 is 0 Å². The smallest absolute Gasteiger partial charge is 0.322 e. The van der Waals surface area contributed by atoms with E-state index in [4.69, 9.17) is 9.84 Å². The molecule has 3 heterocycles. The van der Waals surface area contributed by atoms with Crippen molar-refractivity contribution in [2.75, 3.05) is 12.4 Å². The molecule has 0 saturated carbocycles. The van der Waals surface area contributed by atoms with Crippen molar-refractivity contribution < 1.29 is 9.53 Å².